The highest BCUT2D eigenvalue weighted by atomic mass is 35.5. The maximum atomic E-state index is 5.58. The van der Waals surface area contributed by atoms with Gasteiger partial charge in [-0.25, -0.2) is 5.01 Å². The van der Waals surface area contributed by atoms with Crippen molar-refractivity contribution >= 4 is 29.7 Å². The molecule has 20 heavy (non-hydrogen) atoms. The summed E-state index contributed by atoms with van der Waals surface area (Å²) in [6, 6.07) is 20.4. The number of halogens is 1. The minimum Gasteiger partial charge on any atom is -0.375 e. The molecule has 3 N–H and O–H groups in total. The van der Waals surface area contributed by atoms with Crippen molar-refractivity contribution in [2.75, 3.05) is 0 Å². The molecule has 106 valence electrons. The second-order valence-electron chi connectivity index (χ2n) is 4.30. The van der Waals surface area contributed by atoms with E-state index in [1.807, 2.05) is 41.4 Å². The van der Waals surface area contributed by atoms with Gasteiger partial charge in [0.1, 0.15) is 0 Å². The Morgan fingerprint density at radius 2 is 1.30 bits per heavy atom. The van der Waals surface area contributed by atoms with E-state index in [2.05, 4.69) is 29.7 Å². The molecule has 3 nitrogen and oxygen atoms in total. The van der Waals surface area contributed by atoms with Crippen molar-refractivity contribution in [1.82, 2.24) is 10.4 Å². The summed E-state index contributed by atoms with van der Waals surface area (Å²) in [7, 11) is 0. The van der Waals surface area contributed by atoms with Crippen molar-refractivity contribution in [1.29, 1.82) is 0 Å². The van der Waals surface area contributed by atoms with Gasteiger partial charge in [-0.1, -0.05) is 60.7 Å². The maximum Gasteiger partial charge on any atom is 0.178 e. The predicted octanol–water partition coefficient (Wildman–Crippen LogP) is 2.86. The molecule has 2 aromatic carbocycles. The molecule has 0 heterocycles. The first-order chi connectivity index (χ1) is 9.24. The quantitative estimate of drug-likeness (QED) is 0.658. The van der Waals surface area contributed by atoms with Gasteiger partial charge in [0.2, 0.25) is 0 Å². The molecule has 0 saturated heterocycles. The largest absolute Gasteiger partial charge is 0.375 e. The molecule has 2 rings (SSSR count). The van der Waals surface area contributed by atoms with Crippen LogP contribution < -0.4 is 11.2 Å². The first-order valence-electron chi connectivity index (χ1n) is 6.13. The molecule has 2 aromatic rings. The molecule has 0 aliphatic rings. The summed E-state index contributed by atoms with van der Waals surface area (Å²) >= 11 is 4.93. The molecular weight excluding hydrogens is 290 g/mol. The Balaban J connectivity index is 0.00000200. The number of hydrazine groups is 1. The Kier molecular flexibility index (Phi) is 7.01. The van der Waals surface area contributed by atoms with Gasteiger partial charge >= 0.3 is 0 Å². The molecule has 0 bridgehead atoms. The van der Waals surface area contributed by atoms with E-state index in [1.54, 1.807) is 0 Å². The van der Waals surface area contributed by atoms with Gasteiger partial charge in [0, 0.05) is 13.1 Å². The summed E-state index contributed by atoms with van der Waals surface area (Å²) in [6.07, 6.45) is 0. The van der Waals surface area contributed by atoms with E-state index in [0.717, 1.165) is 13.1 Å². The van der Waals surface area contributed by atoms with Gasteiger partial charge in [0.25, 0.3) is 0 Å². The topological polar surface area (TPSA) is 41.3 Å². The van der Waals surface area contributed by atoms with E-state index in [4.69, 9.17) is 18.0 Å². The summed E-state index contributed by atoms with van der Waals surface area (Å²) in [4.78, 5) is 0. The van der Waals surface area contributed by atoms with E-state index < -0.39 is 0 Å². The molecule has 0 aromatic heterocycles. The van der Waals surface area contributed by atoms with Crippen molar-refractivity contribution in [3.63, 3.8) is 0 Å². The third-order valence-corrected chi connectivity index (χ3v) is 2.79. The highest BCUT2D eigenvalue weighted by Crippen LogP contribution is 2.07. The molecule has 0 spiro atoms. The van der Waals surface area contributed by atoms with Crippen LogP contribution in [0, 0.1) is 0 Å². The summed E-state index contributed by atoms with van der Waals surface area (Å²) in [5.74, 6) is 0. The van der Waals surface area contributed by atoms with Crippen LogP contribution in [-0.4, -0.2) is 10.1 Å². The molecule has 0 radical (unpaired) electrons. The fourth-order valence-corrected chi connectivity index (χ4v) is 2.03. The number of hydrogen-bond donors (Lipinski definition) is 2. The van der Waals surface area contributed by atoms with Crippen LogP contribution in [0.25, 0.3) is 0 Å². The maximum absolute atomic E-state index is 5.58. The molecule has 0 aliphatic heterocycles. The summed E-state index contributed by atoms with van der Waals surface area (Å²) < 4.78 is 0. The fourth-order valence-electron chi connectivity index (χ4n) is 1.90. The van der Waals surface area contributed by atoms with Crippen LogP contribution in [0.15, 0.2) is 60.7 Å². The van der Waals surface area contributed by atoms with Crippen molar-refractivity contribution in [2.45, 2.75) is 13.1 Å². The molecule has 0 unspecified atom stereocenters. The zero-order valence-electron chi connectivity index (χ0n) is 11.0. The lowest BCUT2D eigenvalue weighted by Gasteiger charge is -2.23. The SMILES string of the molecule is Cl.NC(=S)NN(Cc1ccccc1)Cc1ccccc1. The molecule has 0 fully saturated rings. The Morgan fingerprint density at radius 1 is 0.900 bits per heavy atom. The van der Waals surface area contributed by atoms with Crippen LogP contribution in [-0.2, 0) is 13.1 Å². The number of nitrogens with zero attached hydrogens (tertiary/aromatic N) is 1. The van der Waals surface area contributed by atoms with Crippen LogP contribution >= 0.6 is 24.6 Å². The summed E-state index contributed by atoms with van der Waals surface area (Å²) in [5.41, 5.74) is 11.0. The van der Waals surface area contributed by atoms with Crippen LogP contribution in [0.2, 0.25) is 0 Å². The third kappa shape index (κ3) is 5.57. The predicted molar refractivity (Wildman–Crippen MR) is 89.3 cm³/mol. The fraction of sp³-hybridized carbons (Fsp3) is 0.133. The number of benzene rings is 2. The number of nitrogens with one attached hydrogen (secondary N) is 1. The molecular formula is C15H18ClN3S. The van der Waals surface area contributed by atoms with E-state index in [1.165, 1.54) is 11.1 Å². The Bertz CT molecular complexity index is 478. The number of rotatable bonds is 5. The van der Waals surface area contributed by atoms with Crippen molar-refractivity contribution in [2.24, 2.45) is 5.73 Å². The average molecular weight is 308 g/mol. The monoisotopic (exact) mass is 307 g/mol. The zero-order valence-corrected chi connectivity index (χ0v) is 12.7. The number of thiocarbonyl (C=S) groups is 1. The van der Waals surface area contributed by atoms with Crippen LogP contribution in [0.1, 0.15) is 11.1 Å². The molecule has 5 heteroatoms. The van der Waals surface area contributed by atoms with Crippen LogP contribution in [0.4, 0.5) is 0 Å². The van der Waals surface area contributed by atoms with E-state index in [9.17, 15) is 0 Å². The van der Waals surface area contributed by atoms with E-state index >= 15 is 0 Å². The van der Waals surface area contributed by atoms with E-state index in [0.29, 0.717) is 0 Å². The molecule has 0 amide bonds. The lowest BCUT2D eigenvalue weighted by atomic mass is 10.2. The van der Waals surface area contributed by atoms with Gasteiger partial charge in [-0.3, -0.25) is 5.43 Å². The minimum absolute atomic E-state index is 0. The third-order valence-electron chi connectivity index (χ3n) is 2.70. The minimum atomic E-state index is 0. The smallest absolute Gasteiger partial charge is 0.178 e. The Morgan fingerprint density at radius 3 is 1.65 bits per heavy atom. The average Bonchev–Trinajstić information content (AvgIpc) is 2.40. The standard InChI is InChI=1S/C15H17N3S.ClH/c16-15(19)17-18(11-13-7-3-1-4-8-13)12-14-9-5-2-6-10-14;/h1-10H,11-12H2,(H3,16,17,19);1H. The van der Waals surface area contributed by atoms with Crippen LogP contribution in [0.5, 0.6) is 0 Å². The highest BCUT2D eigenvalue weighted by Gasteiger charge is 2.07. The first-order valence-corrected chi connectivity index (χ1v) is 6.54. The zero-order chi connectivity index (χ0) is 13.5. The van der Waals surface area contributed by atoms with Gasteiger partial charge in [-0.15, -0.1) is 12.4 Å². The first kappa shape index (κ1) is 16.4. The Hall–Kier alpha value is -1.62. The second-order valence-corrected chi connectivity index (χ2v) is 4.74. The highest BCUT2D eigenvalue weighted by molar-refractivity contribution is 7.80. The number of nitrogens with two attached hydrogens (primary N) is 1. The van der Waals surface area contributed by atoms with Gasteiger partial charge in [-0.2, -0.15) is 0 Å². The van der Waals surface area contributed by atoms with Gasteiger partial charge in [0.15, 0.2) is 5.11 Å². The normalized spacial score (nSPS) is 9.85. The second kappa shape index (κ2) is 8.53. The molecule has 0 saturated carbocycles. The Labute approximate surface area is 131 Å². The van der Waals surface area contributed by atoms with Crippen molar-refractivity contribution in [3.05, 3.63) is 71.8 Å². The van der Waals surface area contributed by atoms with Crippen LogP contribution in [0.3, 0.4) is 0 Å². The van der Waals surface area contributed by atoms with Gasteiger partial charge in [0.05, 0.1) is 0 Å². The van der Waals surface area contributed by atoms with E-state index in [-0.39, 0.29) is 17.5 Å². The molecule has 0 atom stereocenters. The van der Waals surface area contributed by atoms with Crippen molar-refractivity contribution in [3.8, 4) is 0 Å². The summed E-state index contributed by atoms with van der Waals surface area (Å²) in [6.45, 7) is 1.49. The molecule has 0 aliphatic carbocycles. The lowest BCUT2D eigenvalue weighted by molar-refractivity contribution is 0.217. The van der Waals surface area contributed by atoms with Gasteiger partial charge < -0.3 is 5.73 Å². The summed E-state index contributed by atoms with van der Waals surface area (Å²) in [5, 5.41) is 2.29. The number of hydrogen-bond acceptors (Lipinski definition) is 2. The van der Waals surface area contributed by atoms with Crippen molar-refractivity contribution < 1.29 is 0 Å². The van der Waals surface area contributed by atoms with Gasteiger partial charge in [-0.05, 0) is 23.3 Å². The lowest BCUT2D eigenvalue weighted by Crippen LogP contribution is -2.43.